The zero-order valence-corrected chi connectivity index (χ0v) is 17.8. The number of aryl methyl sites for hydroxylation is 1. The van der Waals surface area contributed by atoms with Gasteiger partial charge in [0.05, 0.1) is 5.25 Å². The summed E-state index contributed by atoms with van der Waals surface area (Å²) in [6.45, 7) is 3.85. The van der Waals surface area contributed by atoms with Crippen molar-refractivity contribution >= 4 is 40.0 Å². The standard InChI is InChI=1S/C19H22N6O2S2/c1-3-4-10-16-23-24-18(29-16)22-17(27)12(2)28-19-21-15(26)11-14(20)25(19)13-8-6-5-7-9-13/h5-9,11-12H,3-4,10,20H2,1-2H3,(H,22,24,27). The first-order chi connectivity index (χ1) is 14.0. The first-order valence-electron chi connectivity index (χ1n) is 9.22. The molecule has 0 fully saturated rings. The van der Waals surface area contributed by atoms with Crippen LogP contribution in [0.1, 0.15) is 31.7 Å². The van der Waals surface area contributed by atoms with Crippen LogP contribution in [-0.4, -0.2) is 30.9 Å². The van der Waals surface area contributed by atoms with Crippen LogP contribution in [0.4, 0.5) is 10.9 Å². The van der Waals surface area contributed by atoms with E-state index in [1.165, 1.54) is 17.4 Å². The van der Waals surface area contributed by atoms with Gasteiger partial charge in [0.1, 0.15) is 10.8 Å². The Hall–Kier alpha value is -2.72. The van der Waals surface area contributed by atoms with E-state index >= 15 is 0 Å². The molecule has 29 heavy (non-hydrogen) atoms. The first kappa shape index (κ1) is 21.0. The zero-order valence-electron chi connectivity index (χ0n) is 16.2. The number of carbonyl (C=O) groups excluding carboxylic acids is 1. The number of hydrogen-bond donors (Lipinski definition) is 2. The third kappa shape index (κ3) is 5.42. The summed E-state index contributed by atoms with van der Waals surface area (Å²) >= 11 is 2.53. The quantitative estimate of drug-likeness (QED) is 0.417. The first-order valence-corrected chi connectivity index (χ1v) is 10.9. The van der Waals surface area contributed by atoms with Gasteiger partial charge in [0, 0.05) is 18.2 Å². The average Bonchev–Trinajstić information content (AvgIpc) is 3.13. The highest BCUT2D eigenvalue weighted by Crippen LogP contribution is 2.27. The number of nitrogen functional groups attached to an aromatic ring is 1. The lowest BCUT2D eigenvalue weighted by Gasteiger charge is -2.17. The molecule has 3 rings (SSSR count). The van der Waals surface area contributed by atoms with Crippen LogP contribution in [0.25, 0.3) is 5.69 Å². The van der Waals surface area contributed by atoms with E-state index in [4.69, 9.17) is 5.73 Å². The molecule has 3 aromatic rings. The summed E-state index contributed by atoms with van der Waals surface area (Å²) in [6.07, 6.45) is 2.96. The molecule has 1 aromatic carbocycles. The smallest absolute Gasteiger partial charge is 0.275 e. The molecule has 2 aromatic heterocycles. The number of rotatable bonds is 8. The molecule has 0 aliphatic heterocycles. The Bertz CT molecular complexity index is 1030. The molecule has 8 nitrogen and oxygen atoms in total. The van der Waals surface area contributed by atoms with Crippen molar-refractivity contribution in [1.82, 2.24) is 19.7 Å². The third-order valence-corrected chi connectivity index (χ3v) is 5.98. The summed E-state index contributed by atoms with van der Waals surface area (Å²) in [5.74, 6) is 0.0143. The maximum atomic E-state index is 12.6. The molecule has 10 heteroatoms. The maximum Gasteiger partial charge on any atom is 0.275 e. The van der Waals surface area contributed by atoms with Crippen LogP contribution in [0.5, 0.6) is 0 Å². The minimum absolute atomic E-state index is 0.246. The minimum Gasteiger partial charge on any atom is -0.385 e. The maximum absolute atomic E-state index is 12.6. The molecule has 0 aliphatic rings. The van der Waals surface area contributed by atoms with Gasteiger partial charge < -0.3 is 5.73 Å². The van der Waals surface area contributed by atoms with Crippen LogP contribution < -0.4 is 16.6 Å². The van der Waals surface area contributed by atoms with Crippen LogP contribution in [0.15, 0.2) is 46.3 Å². The molecule has 2 heterocycles. The fourth-order valence-electron chi connectivity index (χ4n) is 2.55. The highest BCUT2D eigenvalue weighted by molar-refractivity contribution is 8.00. The molecular formula is C19H22N6O2S2. The van der Waals surface area contributed by atoms with Crippen molar-refractivity contribution in [3.63, 3.8) is 0 Å². The number of hydrogen-bond acceptors (Lipinski definition) is 8. The molecule has 0 radical (unpaired) electrons. The Morgan fingerprint density at radius 1 is 1.31 bits per heavy atom. The lowest BCUT2D eigenvalue weighted by molar-refractivity contribution is -0.115. The molecule has 1 unspecified atom stereocenters. The summed E-state index contributed by atoms with van der Waals surface area (Å²) in [5.41, 5.74) is 6.38. The van der Waals surface area contributed by atoms with Gasteiger partial charge in [-0.05, 0) is 25.5 Å². The molecule has 0 aliphatic carbocycles. The second-order valence-electron chi connectivity index (χ2n) is 6.33. The second-order valence-corrected chi connectivity index (χ2v) is 8.70. The second kappa shape index (κ2) is 9.66. The highest BCUT2D eigenvalue weighted by Gasteiger charge is 2.20. The fraction of sp³-hybridized carbons (Fsp3) is 0.316. The highest BCUT2D eigenvalue weighted by atomic mass is 32.2. The van der Waals surface area contributed by atoms with Gasteiger partial charge in [-0.25, -0.2) is 0 Å². The Morgan fingerprint density at radius 2 is 2.07 bits per heavy atom. The molecular weight excluding hydrogens is 408 g/mol. The Kier molecular flexibility index (Phi) is 6.99. The monoisotopic (exact) mass is 430 g/mol. The van der Waals surface area contributed by atoms with E-state index in [0.29, 0.717) is 10.3 Å². The number of thioether (sulfide) groups is 1. The number of nitrogens with zero attached hydrogens (tertiary/aromatic N) is 4. The molecule has 0 saturated heterocycles. The van der Waals surface area contributed by atoms with Gasteiger partial charge >= 0.3 is 0 Å². The topological polar surface area (TPSA) is 116 Å². The van der Waals surface area contributed by atoms with Gasteiger partial charge in [-0.3, -0.25) is 19.5 Å². The van der Waals surface area contributed by atoms with Crippen molar-refractivity contribution in [2.45, 2.75) is 43.5 Å². The lowest BCUT2D eigenvalue weighted by atomic mass is 10.3. The number of para-hydroxylation sites is 1. The van der Waals surface area contributed by atoms with E-state index in [-0.39, 0.29) is 11.7 Å². The molecule has 3 N–H and O–H groups in total. The molecule has 0 spiro atoms. The average molecular weight is 431 g/mol. The summed E-state index contributed by atoms with van der Waals surface area (Å²) < 4.78 is 1.66. The number of benzene rings is 1. The van der Waals surface area contributed by atoms with Crippen molar-refractivity contribution in [3.8, 4) is 5.69 Å². The van der Waals surface area contributed by atoms with Gasteiger partial charge in [-0.2, -0.15) is 4.98 Å². The van der Waals surface area contributed by atoms with Crippen molar-refractivity contribution in [3.05, 3.63) is 51.8 Å². The molecule has 152 valence electrons. The molecule has 1 atom stereocenters. The summed E-state index contributed by atoms with van der Waals surface area (Å²) in [7, 11) is 0. The molecule has 0 bridgehead atoms. The number of aromatic nitrogens is 4. The third-order valence-electron chi connectivity index (χ3n) is 4.03. The number of unbranched alkanes of at least 4 members (excludes halogenated alkanes) is 1. The van der Waals surface area contributed by atoms with E-state index in [9.17, 15) is 9.59 Å². The Balaban J connectivity index is 1.76. The minimum atomic E-state index is -0.526. The predicted molar refractivity (Wildman–Crippen MR) is 117 cm³/mol. The molecule has 1 amide bonds. The lowest BCUT2D eigenvalue weighted by Crippen LogP contribution is -2.24. The number of nitrogens with one attached hydrogen (secondary N) is 1. The zero-order chi connectivity index (χ0) is 20.8. The van der Waals surface area contributed by atoms with Crippen molar-refractivity contribution < 1.29 is 4.79 Å². The number of anilines is 2. The summed E-state index contributed by atoms with van der Waals surface area (Å²) in [4.78, 5) is 28.6. The van der Waals surface area contributed by atoms with Crippen molar-refractivity contribution in [2.24, 2.45) is 0 Å². The van der Waals surface area contributed by atoms with Gasteiger partial charge in [-0.1, -0.05) is 54.6 Å². The normalized spacial score (nSPS) is 11.9. The van der Waals surface area contributed by atoms with Crippen molar-refractivity contribution in [1.29, 1.82) is 0 Å². The Morgan fingerprint density at radius 3 is 2.79 bits per heavy atom. The summed E-state index contributed by atoms with van der Waals surface area (Å²) in [5, 5.41) is 12.1. The number of nitrogens with two attached hydrogens (primary N) is 1. The predicted octanol–water partition coefficient (Wildman–Crippen LogP) is 3.13. The van der Waals surface area contributed by atoms with Gasteiger partial charge in [-0.15, -0.1) is 10.2 Å². The number of carbonyl (C=O) groups is 1. The van der Waals surface area contributed by atoms with E-state index in [1.807, 2.05) is 30.3 Å². The van der Waals surface area contributed by atoms with Crippen LogP contribution >= 0.6 is 23.1 Å². The van der Waals surface area contributed by atoms with Gasteiger partial charge in [0.2, 0.25) is 11.0 Å². The number of amides is 1. The van der Waals surface area contributed by atoms with Gasteiger partial charge in [0.15, 0.2) is 5.16 Å². The van der Waals surface area contributed by atoms with Crippen LogP contribution in [0.2, 0.25) is 0 Å². The van der Waals surface area contributed by atoms with E-state index < -0.39 is 10.8 Å². The van der Waals surface area contributed by atoms with Crippen LogP contribution in [-0.2, 0) is 11.2 Å². The Labute approximate surface area is 176 Å². The van der Waals surface area contributed by atoms with Gasteiger partial charge in [0.25, 0.3) is 5.56 Å². The summed E-state index contributed by atoms with van der Waals surface area (Å²) in [6, 6.07) is 10.6. The van der Waals surface area contributed by atoms with E-state index in [0.717, 1.165) is 41.7 Å². The SMILES string of the molecule is CCCCc1nnc(NC(=O)C(C)Sc2nc(=O)cc(N)n2-c2ccccc2)s1. The fourth-order valence-corrected chi connectivity index (χ4v) is 4.27. The van der Waals surface area contributed by atoms with Crippen LogP contribution in [0, 0.1) is 0 Å². The van der Waals surface area contributed by atoms with Crippen LogP contribution in [0.3, 0.4) is 0 Å². The van der Waals surface area contributed by atoms with Crippen molar-refractivity contribution in [2.75, 3.05) is 11.1 Å². The largest absolute Gasteiger partial charge is 0.385 e. The van der Waals surface area contributed by atoms with E-state index in [1.54, 1.807) is 11.5 Å². The van der Waals surface area contributed by atoms with E-state index in [2.05, 4.69) is 27.4 Å². The molecule has 0 saturated carbocycles.